The van der Waals surface area contributed by atoms with Gasteiger partial charge in [0.05, 0.1) is 0 Å². The van der Waals surface area contributed by atoms with Crippen LogP contribution in [0, 0.1) is 0 Å². The molecule has 0 radical (unpaired) electrons. The molecular weight excluding hydrogens is 186 g/mol. The summed E-state index contributed by atoms with van der Waals surface area (Å²) in [5.74, 6) is 1.45. The molecule has 1 heterocycles. The van der Waals surface area contributed by atoms with E-state index in [1.54, 1.807) is 0 Å². The molecule has 0 unspecified atom stereocenters. The van der Waals surface area contributed by atoms with E-state index in [2.05, 4.69) is 11.9 Å². The molecule has 2 nitrogen and oxygen atoms in total. The van der Waals surface area contributed by atoms with E-state index in [9.17, 15) is 0 Å². The molecule has 1 aromatic heterocycles. The van der Waals surface area contributed by atoms with E-state index in [0.29, 0.717) is 5.88 Å². The molecule has 0 atom stereocenters. The van der Waals surface area contributed by atoms with Crippen LogP contribution < -0.4 is 4.74 Å². The van der Waals surface area contributed by atoms with Crippen molar-refractivity contribution >= 4 is 0 Å². The van der Waals surface area contributed by atoms with Crippen molar-refractivity contribution in [1.82, 2.24) is 4.98 Å². The number of aromatic nitrogens is 1. The van der Waals surface area contributed by atoms with Gasteiger partial charge in [-0.2, -0.15) is 0 Å². The van der Waals surface area contributed by atoms with E-state index in [0.717, 1.165) is 12.2 Å². The van der Waals surface area contributed by atoms with E-state index in [4.69, 9.17) is 4.74 Å². The van der Waals surface area contributed by atoms with Crippen molar-refractivity contribution in [1.29, 1.82) is 0 Å². The van der Waals surface area contributed by atoms with Gasteiger partial charge < -0.3 is 4.74 Å². The van der Waals surface area contributed by atoms with Gasteiger partial charge in [-0.15, -0.1) is 0 Å². The van der Waals surface area contributed by atoms with Crippen LogP contribution in [0.4, 0.5) is 0 Å². The van der Waals surface area contributed by atoms with Gasteiger partial charge in [0.2, 0.25) is 5.88 Å². The van der Waals surface area contributed by atoms with Crippen molar-refractivity contribution in [2.75, 3.05) is 0 Å². The van der Waals surface area contributed by atoms with E-state index in [1.165, 1.54) is 5.56 Å². The zero-order valence-corrected chi connectivity index (χ0v) is 8.68. The molecule has 76 valence electrons. The van der Waals surface area contributed by atoms with Crippen molar-refractivity contribution in [2.45, 2.75) is 13.3 Å². The van der Waals surface area contributed by atoms with Crippen LogP contribution in [0.5, 0.6) is 11.6 Å². The first-order valence-electron chi connectivity index (χ1n) is 5.06. The quantitative estimate of drug-likeness (QED) is 0.755. The lowest BCUT2D eigenvalue weighted by molar-refractivity contribution is 0.462. The highest BCUT2D eigenvalue weighted by Gasteiger charge is 1.97. The van der Waals surface area contributed by atoms with Crippen LogP contribution in [-0.2, 0) is 6.42 Å². The van der Waals surface area contributed by atoms with E-state index in [-0.39, 0.29) is 0 Å². The Hall–Kier alpha value is -1.83. The SMILES string of the molecule is CCc1ccc(Oc2ccccc2)nc1. The maximum atomic E-state index is 5.57. The molecule has 0 saturated heterocycles. The summed E-state index contributed by atoms with van der Waals surface area (Å²) < 4.78 is 5.57. The molecule has 0 aliphatic heterocycles. The Kier molecular flexibility index (Phi) is 2.98. The van der Waals surface area contributed by atoms with Crippen molar-refractivity contribution in [2.24, 2.45) is 0 Å². The highest BCUT2D eigenvalue weighted by atomic mass is 16.5. The number of benzene rings is 1. The van der Waals surface area contributed by atoms with Gasteiger partial charge in [-0.25, -0.2) is 4.98 Å². The second kappa shape index (κ2) is 4.60. The lowest BCUT2D eigenvalue weighted by atomic mass is 10.2. The van der Waals surface area contributed by atoms with Gasteiger partial charge in [0.1, 0.15) is 5.75 Å². The minimum atomic E-state index is 0.637. The van der Waals surface area contributed by atoms with Crippen molar-refractivity contribution in [3.63, 3.8) is 0 Å². The predicted octanol–water partition coefficient (Wildman–Crippen LogP) is 3.44. The molecule has 0 aliphatic rings. The van der Waals surface area contributed by atoms with Crippen LogP contribution in [-0.4, -0.2) is 4.98 Å². The minimum Gasteiger partial charge on any atom is -0.439 e. The molecule has 1 aromatic carbocycles. The molecule has 0 bridgehead atoms. The Morgan fingerprint density at radius 1 is 1.07 bits per heavy atom. The summed E-state index contributed by atoms with van der Waals surface area (Å²) in [4.78, 5) is 4.22. The lowest BCUT2D eigenvalue weighted by Crippen LogP contribution is -1.88. The first kappa shape index (κ1) is 9.71. The summed E-state index contributed by atoms with van der Waals surface area (Å²) in [6, 6.07) is 13.6. The highest BCUT2D eigenvalue weighted by Crippen LogP contribution is 2.18. The Bertz CT molecular complexity index is 408. The Morgan fingerprint density at radius 2 is 1.87 bits per heavy atom. The van der Waals surface area contributed by atoms with Gasteiger partial charge in [0.25, 0.3) is 0 Å². The van der Waals surface area contributed by atoms with Crippen molar-refractivity contribution in [3.8, 4) is 11.6 Å². The molecule has 2 aromatic rings. The molecule has 0 fully saturated rings. The highest BCUT2D eigenvalue weighted by molar-refractivity contribution is 5.27. The van der Waals surface area contributed by atoms with Gasteiger partial charge >= 0.3 is 0 Å². The largest absolute Gasteiger partial charge is 0.439 e. The third-order valence-electron chi connectivity index (χ3n) is 2.17. The fraction of sp³-hybridized carbons (Fsp3) is 0.154. The second-order valence-corrected chi connectivity index (χ2v) is 3.27. The molecular formula is C13H13NO. The van der Waals surface area contributed by atoms with Crippen LogP contribution in [0.2, 0.25) is 0 Å². The van der Waals surface area contributed by atoms with Crippen LogP contribution >= 0.6 is 0 Å². The number of nitrogens with zero attached hydrogens (tertiary/aromatic N) is 1. The van der Waals surface area contributed by atoms with Gasteiger partial charge in [-0.1, -0.05) is 31.2 Å². The number of rotatable bonds is 3. The monoisotopic (exact) mass is 199 g/mol. The maximum Gasteiger partial charge on any atom is 0.219 e. The van der Waals surface area contributed by atoms with Gasteiger partial charge in [-0.05, 0) is 24.1 Å². The summed E-state index contributed by atoms with van der Waals surface area (Å²) in [5.41, 5.74) is 1.22. The summed E-state index contributed by atoms with van der Waals surface area (Å²) >= 11 is 0. The predicted molar refractivity (Wildman–Crippen MR) is 60.1 cm³/mol. The number of hydrogen-bond donors (Lipinski definition) is 0. The smallest absolute Gasteiger partial charge is 0.219 e. The zero-order chi connectivity index (χ0) is 10.5. The third kappa shape index (κ3) is 2.56. The van der Waals surface area contributed by atoms with E-state index in [1.807, 2.05) is 48.7 Å². The van der Waals surface area contributed by atoms with Gasteiger partial charge in [-0.3, -0.25) is 0 Å². The number of ether oxygens (including phenoxy) is 1. The average molecular weight is 199 g/mol. The van der Waals surface area contributed by atoms with Crippen molar-refractivity contribution in [3.05, 3.63) is 54.2 Å². The van der Waals surface area contributed by atoms with E-state index >= 15 is 0 Å². The fourth-order valence-electron chi connectivity index (χ4n) is 1.29. The summed E-state index contributed by atoms with van der Waals surface area (Å²) in [6.07, 6.45) is 2.84. The molecule has 0 saturated carbocycles. The normalized spacial score (nSPS) is 9.93. The summed E-state index contributed by atoms with van der Waals surface area (Å²) in [5, 5.41) is 0. The second-order valence-electron chi connectivity index (χ2n) is 3.27. The third-order valence-corrected chi connectivity index (χ3v) is 2.17. The van der Waals surface area contributed by atoms with Gasteiger partial charge in [0.15, 0.2) is 0 Å². The Balaban J connectivity index is 2.11. The molecule has 0 amide bonds. The lowest BCUT2D eigenvalue weighted by Gasteiger charge is -2.04. The van der Waals surface area contributed by atoms with Crippen molar-refractivity contribution < 1.29 is 4.74 Å². The average Bonchev–Trinajstić information content (AvgIpc) is 2.31. The van der Waals surface area contributed by atoms with Crippen LogP contribution in [0.1, 0.15) is 12.5 Å². The Labute approximate surface area is 89.6 Å². The number of aryl methyl sites for hydroxylation is 1. The molecule has 2 heteroatoms. The molecule has 0 spiro atoms. The zero-order valence-electron chi connectivity index (χ0n) is 8.68. The minimum absolute atomic E-state index is 0.637. The molecule has 0 N–H and O–H groups in total. The summed E-state index contributed by atoms with van der Waals surface area (Å²) in [7, 11) is 0. The van der Waals surface area contributed by atoms with Crippen LogP contribution in [0.15, 0.2) is 48.7 Å². The maximum absolute atomic E-state index is 5.57. The Morgan fingerprint density at radius 3 is 2.47 bits per heavy atom. The standard InChI is InChI=1S/C13H13NO/c1-2-11-8-9-13(14-10-11)15-12-6-4-3-5-7-12/h3-10H,2H2,1H3. The topological polar surface area (TPSA) is 22.1 Å². The van der Waals surface area contributed by atoms with E-state index < -0.39 is 0 Å². The molecule has 0 aliphatic carbocycles. The van der Waals surface area contributed by atoms with Crippen LogP contribution in [0.3, 0.4) is 0 Å². The van der Waals surface area contributed by atoms with Gasteiger partial charge in [0, 0.05) is 12.3 Å². The molecule has 2 rings (SSSR count). The summed E-state index contributed by atoms with van der Waals surface area (Å²) in [6.45, 7) is 2.11. The number of para-hydroxylation sites is 1. The number of pyridine rings is 1. The first-order chi connectivity index (χ1) is 7.38. The first-order valence-corrected chi connectivity index (χ1v) is 5.06. The number of hydrogen-bond acceptors (Lipinski definition) is 2. The molecule has 15 heavy (non-hydrogen) atoms. The van der Waals surface area contributed by atoms with Crippen LogP contribution in [0.25, 0.3) is 0 Å². The fourth-order valence-corrected chi connectivity index (χ4v) is 1.29.